The average molecular weight is 301 g/mol. The summed E-state index contributed by atoms with van der Waals surface area (Å²) in [4.78, 5) is 0.111. The standard InChI is InChI=1S/C13H19NO5S/c1-13(2)8-19-9-14(13)20(15,16)12-6-5-10(17-3)7-11(12)18-4/h5-7H,8-9H2,1-4H3. The van der Waals surface area contributed by atoms with E-state index in [-0.39, 0.29) is 17.4 Å². The van der Waals surface area contributed by atoms with Crippen molar-refractivity contribution in [3.05, 3.63) is 18.2 Å². The van der Waals surface area contributed by atoms with E-state index < -0.39 is 15.6 Å². The van der Waals surface area contributed by atoms with Gasteiger partial charge in [0, 0.05) is 6.07 Å². The van der Waals surface area contributed by atoms with E-state index in [9.17, 15) is 8.42 Å². The lowest BCUT2D eigenvalue weighted by Crippen LogP contribution is -2.44. The number of methoxy groups -OCH3 is 2. The van der Waals surface area contributed by atoms with Crippen molar-refractivity contribution in [1.82, 2.24) is 4.31 Å². The van der Waals surface area contributed by atoms with Crippen LogP contribution in [0.5, 0.6) is 11.5 Å². The molecule has 7 heteroatoms. The molecule has 0 aromatic heterocycles. The summed E-state index contributed by atoms with van der Waals surface area (Å²) in [6.07, 6.45) is 0. The second-order valence-corrected chi connectivity index (χ2v) is 6.99. The Labute approximate surface area is 119 Å². The molecule has 1 heterocycles. The van der Waals surface area contributed by atoms with Gasteiger partial charge in [-0.05, 0) is 26.0 Å². The van der Waals surface area contributed by atoms with Crippen LogP contribution in [0.2, 0.25) is 0 Å². The van der Waals surface area contributed by atoms with Crippen molar-refractivity contribution in [3.8, 4) is 11.5 Å². The van der Waals surface area contributed by atoms with Crippen LogP contribution in [0.4, 0.5) is 0 Å². The molecule has 0 unspecified atom stereocenters. The van der Waals surface area contributed by atoms with Gasteiger partial charge in [0.1, 0.15) is 23.1 Å². The smallest absolute Gasteiger partial charge is 0.249 e. The molecule has 0 saturated carbocycles. The van der Waals surface area contributed by atoms with E-state index in [1.165, 1.54) is 24.6 Å². The number of hydrogen-bond donors (Lipinski definition) is 0. The van der Waals surface area contributed by atoms with E-state index in [1.54, 1.807) is 12.1 Å². The molecule has 2 rings (SSSR count). The van der Waals surface area contributed by atoms with Crippen LogP contribution in [-0.4, -0.2) is 45.8 Å². The quantitative estimate of drug-likeness (QED) is 0.842. The van der Waals surface area contributed by atoms with Gasteiger partial charge in [-0.1, -0.05) is 0 Å². The lowest BCUT2D eigenvalue weighted by atomic mass is 10.1. The van der Waals surface area contributed by atoms with Crippen LogP contribution in [0.1, 0.15) is 13.8 Å². The second-order valence-electron chi connectivity index (χ2n) is 5.16. The second kappa shape index (κ2) is 5.23. The Kier molecular flexibility index (Phi) is 3.95. The zero-order valence-electron chi connectivity index (χ0n) is 12.0. The Hall–Kier alpha value is -1.31. The summed E-state index contributed by atoms with van der Waals surface area (Å²) >= 11 is 0. The summed E-state index contributed by atoms with van der Waals surface area (Å²) in [7, 11) is -0.742. The SMILES string of the molecule is COc1ccc(S(=O)(=O)N2COCC2(C)C)c(OC)c1. The van der Waals surface area contributed by atoms with Gasteiger partial charge in [0.15, 0.2) is 0 Å². The van der Waals surface area contributed by atoms with Gasteiger partial charge < -0.3 is 14.2 Å². The van der Waals surface area contributed by atoms with Crippen LogP contribution >= 0.6 is 0 Å². The van der Waals surface area contributed by atoms with Crippen molar-refractivity contribution in [2.75, 3.05) is 27.6 Å². The number of hydrogen-bond acceptors (Lipinski definition) is 5. The van der Waals surface area contributed by atoms with Crippen LogP contribution in [0.15, 0.2) is 23.1 Å². The topological polar surface area (TPSA) is 65.1 Å². The van der Waals surface area contributed by atoms with E-state index in [1.807, 2.05) is 13.8 Å². The molecule has 0 aliphatic carbocycles. The summed E-state index contributed by atoms with van der Waals surface area (Å²) in [5.74, 6) is 0.796. The van der Waals surface area contributed by atoms with E-state index in [2.05, 4.69) is 0 Å². The molecule has 0 bridgehead atoms. The van der Waals surface area contributed by atoms with Crippen molar-refractivity contribution < 1.29 is 22.6 Å². The number of rotatable bonds is 4. The fraction of sp³-hybridized carbons (Fsp3) is 0.538. The van der Waals surface area contributed by atoms with Crippen LogP contribution in [0.25, 0.3) is 0 Å². The predicted octanol–water partition coefficient (Wildman–Crippen LogP) is 1.46. The lowest BCUT2D eigenvalue weighted by molar-refractivity contribution is 0.171. The third-order valence-corrected chi connectivity index (χ3v) is 5.35. The molecule has 6 nitrogen and oxygen atoms in total. The molecule has 1 aromatic rings. The number of nitrogens with zero attached hydrogens (tertiary/aromatic N) is 1. The van der Waals surface area contributed by atoms with Gasteiger partial charge in [-0.25, -0.2) is 8.42 Å². The summed E-state index contributed by atoms with van der Waals surface area (Å²) < 4.78 is 42.4. The molecule has 0 radical (unpaired) electrons. The highest BCUT2D eigenvalue weighted by atomic mass is 32.2. The largest absolute Gasteiger partial charge is 0.497 e. The molecule has 20 heavy (non-hydrogen) atoms. The fourth-order valence-electron chi connectivity index (χ4n) is 2.13. The third kappa shape index (κ3) is 2.48. The van der Waals surface area contributed by atoms with E-state index >= 15 is 0 Å². The molecule has 0 spiro atoms. The predicted molar refractivity (Wildman–Crippen MR) is 73.5 cm³/mol. The molecule has 112 valence electrons. The first kappa shape index (κ1) is 15.1. The van der Waals surface area contributed by atoms with E-state index in [4.69, 9.17) is 14.2 Å². The first-order valence-electron chi connectivity index (χ1n) is 6.15. The Morgan fingerprint density at radius 2 is 1.95 bits per heavy atom. The fourth-order valence-corrected chi connectivity index (χ4v) is 3.92. The van der Waals surface area contributed by atoms with Crippen molar-refractivity contribution in [2.45, 2.75) is 24.3 Å². The number of benzene rings is 1. The van der Waals surface area contributed by atoms with Gasteiger partial charge in [-0.2, -0.15) is 4.31 Å². The Morgan fingerprint density at radius 1 is 1.25 bits per heavy atom. The highest BCUT2D eigenvalue weighted by Crippen LogP contribution is 2.35. The molecule has 0 atom stereocenters. The molecule has 1 saturated heterocycles. The normalized spacial score (nSPS) is 19.0. The van der Waals surface area contributed by atoms with Gasteiger partial charge in [0.05, 0.1) is 26.4 Å². The minimum atomic E-state index is -3.69. The van der Waals surface area contributed by atoms with Crippen molar-refractivity contribution >= 4 is 10.0 Å². The maximum atomic E-state index is 12.8. The van der Waals surface area contributed by atoms with Gasteiger partial charge in [0.2, 0.25) is 10.0 Å². The highest BCUT2D eigenvalue weighted by molar-refractivity contribution is 7.89. The zero-order chi connectivity index (χ0) is 15.0. The van der Waals surface area contributed by atoms with Crippen molar-refractivity contribution in [3.63, 3.8) is 0 Å². The van der Waals surface area contributed by atoms with Gasteiger partial charge in [0.25, 0.3) is 0 Å². The van der Waals surface area contributed by atoms with Crippen molar-refractivity contribution in [2.24, 2.45) is 0 Å². The first-order valence-corrected chi connectivity index (χ1v) is 7.59. The number of ether oxygens (including phenoxy) is 3. The molecular formula is C13H19NO5S. The van der Waals surface area contributed by atoms with Crippen molar-refractivity contribution in [1.29, 1.82) is 0 Å². The molecule has 0 N–H and O–H groups in total. The molecule has 1 aromatic carbocycles. The minimum Gasteiger partial charge on any atom is -0.497 e. The molecular weight excluding hydrogens is 282 g/mol. The highest BCUT2D eigenvalue weighted by Gasteiger charge is 2.43. The molecule has 1 fully saturated rings. The van der Waals surface area contributed by atoms with Crippen LogP contribution in [0.3, 0.4) is 0 Å². The van der Waals surface area contributed by atoms with Gasteiger partial charge >= 0.3 is 0 Å². The molecule has 0 amide bonds. The first-order chi connectivity index (χ1) is 9.32. The van der Waals surface area contributed by atoms with Crippen LogP contribution < -0.4 is 9.47 Å². The maximum Gasteiger partial charge on any atom is 0.249 e. The Bertz CT molecular complexity index is 597. The average Bonchev–Trinajstić information content (AvgIpc) is 2.78. The maximum absolute atomic E-state index is 12.8. The monoisotopic (exact) mass is 301 g/mol. The third-order valence-electron chi connectivity index (χ3n) is 3.28. The summed E-state index contributed by atoms with van der Waals surface area (Å²) in [5.41, 5.74) is -0.580. The summed E-state index contributed by atoms with van der Waals surface area (Å²) in [5, 5.41) is 0. The Balaban J connectivity index is 2.49. The van der Waals surface area contributed by atoms with Crippen LogP contribution in [-0.2, 0) is 14.8 Å². The van der Waals surface area contributed by atoms with E-state index in [0.29, 0.717) is 12.4 Å². The van der Waals surface area contributed by atoms with Gasteiger partial charge in [-0.3, -0.25) is 0 Å². The zero-order valence-corrected chi connectivity index (χ0v) is 12.9. The Morgan fingerprint density at radius 3 is 2.45 bits per heavy atom. The molecule has 1 aliphatic heterocycles. The summed E-state index contributed by atoms with van der Waals surface area (Å²) in [6.45, 7) is 4.07. The van der Waals surface area contributed by atoms with Gasteiger partial charge in [-0.15, -0.1) is 0 Å². The van der Waals surface area contributed by atoms with Crippen LogP contribution in [0, 0.1) is 0 Å². The molecule has 1 aliphatic rings. The number of sulfonamides is 1. The summed E-state index contributed by atoms with van der Waals surface area (Å²) in [6, 6.07) is 4.64. The minimum absolute atomic E-state index is 0.0461. The lowest BCUT2D eigenvalue weighted by Gasteiger charge is -2.28. The van der Waals surface area contributed by atoms with E-state index in [0.717, 1.165) is 0 Å².